The number of aryl methyl sites for hydroxylation is 1. The molecule has 1 fully saturated rings. The first kappa shape index (κ1) is 15.4. The zero-order valence-corrected chi connectivity index (χ0v) is 12.4. The quantitative estimate of drug-likeness (QED) is 0.864. The standard InChI is InChI=1S/C16H22N2O3/c1-12-5-7-13(8-6-12)21-11-9-15(19)18-14-4-2-3-10-17-16(14)20/h5-8,14H,2-4,9-11H2,1H3,(H,17,20)(H,18,19)/t14-/m0/s1. The summed E-state index contributed by atoms with van der Waals surface area (Å²) in [5.41, 5.74) is 1.17. The topological polar surface area (TPSA) is 67.4 Å². The third-order valence-electron chi connectivity index (χ3n) is 3.49. The van der Waals surface area contributed by atoms with Gasteiger partial charge in [-0.3, -0.25) is 9.59 Å². The molecule has 114 valence electrons. The molecule has 0 aromatic heterocycles. The van der Waals surface area contributed by atoms with Gasteiger partial charge in [-0.2, -0.15) is 0 Å². The van der Waals surface area contributed by atoms with Crippen LogP contribution in [0, 0.1) is 6.92 Å². The molecule has 0 bridgehead atoms. The maximum atomic E-state index is 11.8. The van der Waals surface area contributed by atoms with E-state index in [9.17, 15) is 9.59 Å². The Morgan fingerprint density at radius 3 is 2.86 bits per heavy atom. The zero-order valence-electron chi connectivity index (χ0n) is 12.4. The Balaban J connectivity index is 1.71. The van der Waals surface area contributed by atoms with Crippen LogP contribution >= 0.6 is 0 Å². The number of benzene rings is 1. The van der Waals surface area contributed by atoms with Crippen molar-refractivity contribution in [3.63, 3.8) is 0 Å². The molecular formula is C16H22N2O3. The Hall–Kier alpha value is -2.04. The fourth-order valence-corrected chi connectivity index (χ4v) is 2.24. The van der Waals surface area contributed by atoms with Crippen molar-refractivity contribution >= 4 is 11.8 Å². The highest BCUT2D eigenvalue weighted by atomic mass is 16.5. The Kier molecular flexibility index (Phi) is 5.60. The summed E-state index contributed by atoms with van der Waals surface area (Å²) in [6.45, 7) is 3.01. The summed E-state index contributed by atoms with van der Waals surface area (Å²) in [6, 6.07) is 7.29. The maximum absolute atomic E-state index is 11.8. The molecule has 1 aliphatic rings. The minimum atomic E-state index is -0.403. The fraction of sp³-hybridized carbons (Fsp3) is 0.500. The van der Waals surface area contributed by atoms with Crippen LogP contribution in [-0.4, -0.2) is 31.0 Å². The van der Waals surface area contributed by atoms with Gasteiger partial charge in [0, 0.05) is 6.54 Å². The van der Waals surface area contributed by atoms with Crippen LogP contribution in [0.2, 0.25) is 0 Å². The second kappa shape index (κ2) is 7.67. The van der Waals surface area contributed by atoms with Gasteiger partial charge in [0.1, 0.15) is 11.8 Å². The molecule has 0 aliphatic carbocycles. The summed E-state index contributed by atoms with van der Waals surface area (Å²) < 4.78 is 5.51. The molecule has 21 heavy (non-hydrogen) atoms. The van der Waals surface area contributed by atoms with Crippen LogP contribution in [0.5, 0.6) is 5.75 Å². The lowest BCUT2D eigenvalue weighted by Gasteiger charge is -2.15. The maximum Gasteiger partial charge on any atom is 0.242 e. The molecule has 1 aromatic rings. The lowest BCUT2D eigenvalue weighted by Crippen LogP contribution is -2.45. The first-order valence-electron chi connectivity index (χ1n) is 7.42. The van der Waals surface area contributed by atoms with Gasteiger partial charge in [0.05, 0.1) is 13.0 Å². The molecule has 0 unspecified atom stereocenters. The minimum absolute atomic E-state index is 0.0831. The van der Waals surface area contributed by atoms with E-state index in [0.717, 1.165) is 18.6 Å². The van der Waals surface area contributed by atoms with E-state index in [4.69, 9.17) is 4.74 Å². The number of hydrogen-bond acceptors (Lipinski definition) is 3. The first-order chi connectivity index (χ1) is 10.1. The van der Waals surface area contributed by atoms with Crippen molar-refractivity contribution in [3.05, 3.63) is 29.8 Å². The predicted octanol–water partition coefficient (Wildman–Crippen LogP) is 1.55. The molecule has 1 aliphatic heterocycles. The van der Waals surface area contributed by atoms with Crippen molar-refractivity contribution < 1.29 is 14.3 Å². The summed E-state index contributed by atoms with van der Waals surface area (Å²) in [7, 11) is 0. The fourth-order valence-electron chi connectivity index (χ4n) is 2.24. The first-order valence-corrected chi connectivity index (χ1v) is 7.42. The van der Waals surface area contributed by atoms with Gasteiger partial charge in [0.25, 0.3) is 0 Å². The van der Waals surface area contributed by atoms with E-state index in [1.807, 2.05) is 31.2 Å². The number of carbonyl (C=O) groups is 2. The Morgan fingerprint density at radius 1 is 1.33 bits per heavy atom. The molecule has 1 atom stereocenters. The second-order valence-electron chi connectivity index (χ2n) is 5.32. The number of ether oxygens (including phenoxy) is 1. The van der Waals surface area contributed by atoms with E-state index in [2.05, 4.69) is 10.6 Å². The molecule has 0 radical (unpaired) electrons. The molecule has 2 amide bonds. The Morgan fingerprint density at radius 2 is 2.10 bits per heavy atom. The van der Waals surface area contributed by atoms with Crippen molar-refractivity contribution in [2.45, 2.75) is 38.6 Å². The third kappa shape index (κ3) is 5.10. The third-order valence-corrected chi connectivity index (χ3v) is 3.49. The molecule has 2 N–H and O–H groups in total. The van der Waals surface area contributed by atoms with Crippen LogP contribution in [0.25, 0.3) is 0 Å². The van der Waals surface area contributed by atoms with Gasteiger partial charge in [-0.15, -0.1) is 0 Å². The van der Waals surface area contributed by atoms with E-state index in [1.54, 1.807) is 0 Å². The summed E-state index contributed by atoms with van der Waals surface area (Å²) in [4.78, 5) is 23.6. The van der Waals surface area contributed by atoms with E-state index in [1.165, 1.54) is 5.56 Å². The molecule has 1 saturated heterocycles. The highest BCUT2D eigenvalue weighted by Gasteiger charge is 2.21. The zero-order chi connectivity index (χ0) is 15.1. The minimum Gasteiger partial charge on any atom is -0.493 e. The van der Waals surface area contributed by atoms with Crippen molar-refractivity contribution in [1.29, 1.82) is 0 Å². The summed E-state index contributed by atoms with van der Waals surface area (Å²) in [5.74, 6) is 0.519. The van der Waals surface area contributed by atoms with Crippen LogP contribution < -0.4 is 15.4 Å². The Labute approximate surface area is 125 Å². The highest BCUT2D eigenvalue weighted by molar-refractivity contribution is 5.87. The van der Waals surface area contributed by atoms with Gasteiger partial charge in [0.2, 0.25) is 11.8 Å². The molecule has 5 nitrogen and oxygen atoms in total. The van der Waals surface area contributed by atoms with Crippen molar-refractivity contribution in [2.75, 3.05) is 13.2 Å². The van der Waals surface area contributed by atoms with E-state index >= 15 is 0 Å². The largest absolute Gasteiger partial charge is 0.493 e. The summed E-state index contributed by atoms with van der Waals surface area (Å²) in [6.07, 6.45) is 2.87. The lowest BCUT2D eigenvalue weighted by molar-refractivity contribution is -0.129. The number of hydrogen-bond donors (Lipinski definition) is 2. The van der Waals surface area contributed by atoms with Crippen LogP contribution in [0.3, 0.4) is 0 Å². The van der Waals surface area contributed by atoms with Crippen molar-refractivity contribution in [2.24, 2.45) is 0 Å². The van der Waals surface area contributed by atoms with Crippen LogP contribution in [0.4, 0.5) is 0 Å². The average molecular weight is 290 g/mol. The van der Waals surface area contributed by atoms with Crippen LogP contribution in [-0.2, 0) is 9.59 Å². The van der Waals surface area contributed by atoms with E-state index in [0.29, 0.717) is 19.6 Å². The molecule has 1 aromatic carbocycles. The van der Waals surface area contributed by atoms with Gasteiger partial charge in [-0.25, -0.2) is 0 Å². The normalized spacial score (nSPS) is 18.5. The number of carbonyl (C=O) groups excluding carboxylic acids is 2. The number of amides is 2. The van der Waals surface area contributed by atoms with E-state index in [-0.39, 0.29) is 18.2 Å². The molecule has 5 heteroatoms. The number of rotatable bonds is 5. The number of nitrogens with one attached hydrogen (secondary N) is 2. The molecular weight excluding hydrogens is 268 g/mol. The molecule has 2 rings (SSSR count). The van der Waals surface area contributed by atoms with Gasteiger partial charge in [-0.1, -0.05) is 17.7 Å². The molecule has 0 saturated carbocycles. The second-order valence-corrected chi connectivity index (χ2v) is 5.32. The van der Waals surface area contributed by atoms with Gasteiger partial charge in [0.15, 0.2) is 0 Å². The highest BCUT2D eigenvalue weighted by Crippen LogP contribution is 2.11. The SMILES string of the molecule is Cc1ccc(OCCC(=O)N[C@H]2CCCCNC2=O)cc1. The van der Waals surface area contributed by atoms with Gasteiger partial charge >= 0.3 is 0 Å². The van der Waals surface area contributed by atoms with E-state index < -0.39 is 6.04 Å². The predicted molar refractivity (Wildman–Crippen MR) is 80.1 cm³/mol. The summed E-state index contributed by atoms with van der Waals surface area (Å²) >= 11 is 0. The van der Waals surface area contributed by atoms with Crippen molar-refractivity contribution in [3.8, 4) is 5.75 Å². The summed E-state index contributed by atoms with van der Waals surface area (Å²) in [5, 5.41) is 5.58. The van der Waals surface area contributed by atoms with Gasteiger partial charge in [-0.05, 0) is 38.3 Å². The van der Waals surface area contributed by atoms with Crippen LogP contribution in [0.1, 0.15) is 31.2 Å². The smallest absolute Gasteiger partial charge is 0.242 e. The van der Waals surface area contributed by atoms with Gasteiger partial charge < -0.3 is 15.4 Å². The average Bonchev–Trinajstić information content (AvgIpc) is 2.66. The lowest BCUT2D eigenvalue weighted by atomic mass is 10.1. The molecule has 1 heterocycles. The monoisotopic (exact) mass is 290 g/mol. The van der Waals surface area contributed by atoms with Crippen molar-refractivity contribution in [1.82, 2.24) is 10.6 Å². The molecule has 0 spiro atoms. The Bertz CT molecular complexity index is 485. The van der Waals surface area contributed by atoms with Crippen LogP contribution in [0.15, 0.2) is 24.3 Å².